The summed E-state index contributed by atoms with van der Waals surface area (Å²) in [6.07, 6.45) is 0.802. The largest absolute Gasteiger partial charge is 0.481 e. The van der Waals surface area contributed by atoms with Gasteiger partial charge in [0.15, 0.2) is 18.2 Å². The van der Waals surface area contributed by atoms with Crippen LogP contribution in [-0.2, 0) is 4.79 Å². The molecule has 132 valence electrons. The van der Waals surface area contributed by atoms with E-state index >= 15 is 0 Å². The van der Waals surface area contributed by atoms with E-state index in [9.17, 15) is 14.0 Å². The second kappa shape index (κ2) is 8.82. The molecule has 25 heavy (non-hydrogen) atoms. The van der Waals surface area contributed by atoms with Gasteiger partial charge in [-0.15, -0.1) is 0 Å². The van der Waals surface area contributed by atoms with E-state index in [1.165, 1.54) is 18.2 Å². The van der Waals surface area contributed by atoms with Crippen molar-refractivity contribution >= 4 is 17.5 Å². The molecule has 0 aromatic heterocycles. The van der Waals surface area contributed by atoms with Gasteiger partial charge in [-0.3, -0.25) is 9.59 Å². The molecule has 0 aliphatic rings. The van der Waals surface area contributed by atoms with Crippen LogP contribution >= 0.6 is 0 Å². The molecule has 2 amide bonds. The highest BCUT2D eigenvalue weighted by Gasteiger charge is 2.15. The lowest BCUT2D eigenvalue weighted by molar-refractivity contribution is -0.118. The number of ether oxygens (including phenoxy) is 1. The van der Waals surface area contributed by atoms with Gasteiger partial charge < -0.3 is 15.4 Å². The van der Waals surface area contributed by atoms with Crippen molar-refractivity contribution in [2.24, 2.45) is 0 Å². The zero-order valence-electron chi connectivity index (χ0n) is 14.2. The maximum Gasteiger partial charge on any atom is 0.262 e. The Morgan fingerprint density at radius 3 is 2.52 bits per heavy atom. The Hall–Kier alpha value is -2.89. The van der Waals surface area contributed by atoms with Crippen LogP contribution in [0.15, 0.2) is 48.5 Å². The van der Waals surface area contributed by atoms with Gasteiger partial charge in [0.2, 0.25) is 0 Å². The number of halogens is 1. The van der Waals surface area contributed by atoms with Crippen molar-refractivity contribution in [1.82, 2.24) is 5.32 Å². The van der Waals surface area contributed by atoms with Crippen LogP contribution in [0.25, 0.3) is 0 Å². The third kappa shape index (κ3) is 5.31. The van der Waals surface area contributed by atoms with E-state index in [-0.39, 0.29) is 24.3 Å². The maximum absolute atomic E-state index is 13.5. The molecular formula is C19H21FN2O3. The Labute approximate surface area is 146 Å². The van der Waals surface area contributed by atoms with Crippen LogP contribution < -0.4 is 15.4 Å². The highest BCUT2D eigenvalue weighted by atomic mass is 19.1. The van der Waals surface area contributed by atoms with E-state index in [1.807, 2.05) is 13.8 Å². The number of amides is 2. The van der Waals surface area contributed by atoms with Gasteiger partial charge in [-0.2, -0.15) is 0 Å². The van der Waals surface area contributed by atoms with Gasteiger partial charge in [-0.05, 0) is 37.6 Å². The Morgan fingerprint density at radius 1 is 1.12 bits per heavy atom. The van der Waals surface area contributed by atoms with E-state index in [0.717, 1.165) is 6.42 Å². The molecule has 0 bridgehead atoms. The molecule has 2 rings (SSSR count). The second-order valence-corrected chi connectivity index (χ2v) is 5.60. The maximum atomic E-state index is 13.5. The lowest BCUT2D eigenvalue weighted by Gasteiger charge is -2.15. The first-order chi connectivity index (χ1) is 12.0. The fourth-order valence-corrected chi connectivity index (χ4v) is 2.09. The first-order valence-electron chi connectivity index (χ1n) is 8.08. The molecule has 0 spiro atoms. The van der Waals surface area contributed by atoms with E-state index in [4.69, 9.17) is 4.74 Å². The Kier molecular flexibility index (Phi) is 6.51. The average Bonchev–Trinajstić information content (AvgIpc) is 2.61. The van der Waals surface area contributed by atoms with Crippen molar-refractivity contribution < 1.29 is 18.7 Å². The van der Waals surface area contributed by atoms with Crippen LogP contribution in [0.5, 0.6) is 5.75 Å². The summed E-state index contributed by atoms with van der Waals surface area (Å²) in [7, 11) is 0. The van der Waals surface area contributed by atoms with Crippen LogP contribution in [0.2, 0.25) is 0 Å². The van der Waals surface area contributed by atoms with Gasteiger partial charge in [-0.1, -0.05) is 31.2 Å². The lowest BCUT2D eigenvalue weighted by atomic mass is 10.1. The van der Waals surface area contributed by atoms with Gasteiger partial charge >= 0.3 is 0 Å². The number of hydrogen-bond acceptors (Lipinski definition) is 3. The van der Waals surface area contributed by atoms with E-state index in [1.54, 1.807) is 30.3 Å². The average molecular weight is 344 g/mol. The molecule has 0 aliphatic carbocycles. The highest BCUT2D eigenvalue weighted by Crippen LogP contribution is 2.17. The van der Waals surface area contributed by atoms with Crippen molar-refractivity contribution in [1.29, 1.82) is 0 Å². The van der Waals surface area contributed by atoms with Crippen LogP contribution in [0.3, 0.4) is 0 Å². The second-order valence-electron chi connectivity index (χ2n) is 5.60. The summed E-state index contributed by atoms with van der Waals surface area (Å²) in [6, 6.07) is 12.6. The highest BCUT2D eigenvalue weighted by molar-refractivity contribution is 6.04. The van der Waals surface area contributed by atoms with Gasteiger partial charge in [0.05, 0.1) is 11.3 Å². The minimum atomic E-state index is -0.538. The molecule has 2 N–H and O–H groups in total. The number of benzene rings is 2. The summed E-state index contributed by atoms with van der Waals surface area (Å²) in [4.78, 5) is 24.4. The number of carbonyl (C=O) groups excluding carboxylic acids is 2. The first-order valence-corrected chi connectivity index (χ1v) is 8.08. The predicted octanol–water partition coefficient (Wildman–Crippen LogP) is 3.37. The van der Waals surface area contributed by atoms with Gasteiger partial charge in [0.1, 0.15) is 0 Å². The number of nitrogens with one attached hydrogen (secondary N) is 2. The van der Waals surface area contributed by atoms with Crippen LogP contribution in [0.1, 0.15) is 30.6 Å². The molecule has 0 heterocycles. The summed E-state index contributed by atoms with van der Waals surface area (Å²) in [5.74, 6) is -1.28. The smallest absolute Gasteiger partial charge is 0.262 e. The third-order valence-corrected chi connectivity index (χ3v) is 3.63. The minimum absolute atomic E-state index is 0.000416. The van der Waals surface area contributed by atoms with Gasteiger partial charge in [-0.25, -0.2) is 4.39 Å². The van der Waals surface area contributed by atoms with E-state index < -0.39 is 11.7 Å². The molecule has 1 atom stereocenters. The topological polar surface area (TPSA) is 67.4 Å². The fraction of sp³-hybridized carbons (Fsp3) is 0.263. The summed E-state index contributed by atoms with van der Waals surface area (Å²) >= 11 is 0. The summed E-state index contributed by atoms with van der Waals surface area (Å²) < 4.78 is 18.6. The minimum Gasteiger partial charge on any atom is -0.481 e. The number of hydrogen-bond donors (Lipinski definition) is 2. The SMILES string of the molecule is CCC(C)NC(=O)c1ccccc1NC(=O)COc1ccccc1F. The van der Waals surface area contributed by atoms with Crippen molar-refractivity contribution in [2.75, 3.05) is 11.9 Å². The summed E-state index contributed by atoms with van der Waals surface area (Å²) in [5.41, 5.74) is 0.743. The van der Waals surface area contributed by atoms with Gasteiger partial charge in [0, 0.05) is 6.04 Å². The molecule has 5 nitrogen and oxygen atoms in total. The monoisotopic (exact) mass is 344 g/mol. The van der Waals surface area contributed by atoms with Crippen LogP contribution in [0.4, 0.5) is 10.1 Å². The fourth-order valence-electron chi connectivity index (χ4n) is 2.09. The summed E-state index contributed by atoms with van der Waals surface area (Å²) in [5, 5.41) is 5.48. The number of anilines is 1. The molecule has 0 fully saturated rings. The quantitative estimate of drug-likeness (QED) is 0.809. The Balaban J connectivity index is 2.01. The molecule has 0 aliphatic heterocycles. The Morgan fingerprint density at radius 2 is 1.80 bits per heavy atom. The van der Waals surface area contributed by atoms with E-state index in [2.05, 4.69) is 10.6 Å². The molecule has 1 unspecified atom stereocenters. The molecule has 0 radical (unpaired) electrons. The Bertz CT molecular complexity index is 749. The van der Waals surface area contributed by atoms with Crippen molar-refractivity contribution in [3.63, 3.8) is 0 Å². The molecule has 0 saturated heterocycles. The zero-order valence-corrected chi connectivity index (χ0v) is 14.2. The van der Waals surface area contributed by atoms with Gasteiger partial charge in [0.25, 0.3) is 11.8 Å². The molecule has 2 aromatic rings. The normalized spacial score (nSPS) is 11.5. The van der Waals surface area contributed by atoms with Crippen LogP contribution in [0, 0.1) is 5.82 Å². The third-order valence-electron chi connectivity index (χ3n) is 3.63. The van der Waals surface area contributed by atoms with Crippen molar-refractivity contribution in [2.45, 2.75) is 26.3 Å². The number of carbonyl (C=O) groups is 2. The van der Waals surface area contributed by atoms with Crippen molar-refractivity contribution in [3.8, 4) is 5.75 Å². The zero-order chi connectivity index (χ0) is 18.2. The molecule has 6 heteroatoms. The molecular weight excluding hydrogens is 323 g/mol. The number of para-hydroxylation sites is 2. The van der Waals surface area contributed by atoms with Crippen molar-refractivity contribution in [3.05, 3.63) is 59.9 Å². The predicted molar refractivity (Wildman–Crippen MR) is 94.2 cm³/mol. The van der Waals surface area contributed by atoms with E-state index in [0.29, 0.717) is 11.3 Å². The first kappa shape index (κ1) is 18.4. The standard InChI is InChI=1S/C19H21FN2O3/c1-3-13(2)21-19(24)14-8-4-6-10-16(14)22-18(23)12-25-17-11-7-5-9-15(17)20/h4-11,13H,3,12H2,1-2H3,(H,21,24)(H,22,23). The molecule has 2 aromatic carbocycles. The van der Waals surface area contributed by atoms with Crippen LogP contribution in [-0.4, -0.2) is 24.5 Å². The summed E-state index contributed by atoms with van der Waals surface area (Å²) in [6.45, 7) is 3.52. The number of rotatable bonds is 7. The lowest BCUT2D eigenvalue weighted by Crippen LogP contribution is -2.33. The molecule has 0 saturated carbocycles.